The van der Waals surface area contributed by atoms with E-state index in [4.69, 9.17) is 10.5 Å². The number of carbonyl (C=O) groups is 1. The molecule has 1 aromatic carbocycles. The number of aliphatic carboxylic acids is 1. The van der Waals surface area contributed by atoms with Crippen molar-refractivity contribution in [1.82, 2.24) is 45.0 Å². The van der Waals surface area contributed by atoms with E-state index in [1.165, 1.54) is 0 Å². The Balaban J connectivity index is 1.41. The molecule has 0 spiro atoms. The number of H-pyrrole nitrogens is 2. The van der Waals surface area contributed by atoms with Crippen LogP contribution in [0.3, 0.4) is 0 Å². The van der Waals surface area contributed by atoms with Crippen molar-refractivity contribution in [3.05, 3.63) is 51.7 Å². The third kappa shape index (κ3) is 7.40. The fourth-order valence-corrected chi connectivity index (χ4v) is 4.40. The normalized spacial score (nSPS) is 12.3. The molecular formula is C26H36N10O4. The number of nitrogens with one attached hydrogen (secondary N) is 2. The van der Waals surface area contributed by atoms with Gasteiger partial charge in [-0.25, -0.2) is 9.89 Å². The largest absolute Gasteiger partial charge is 0.481 e. The summed E-state index contributed by atoms with van der Waals surface area (Å²) in [5, 5.41) is 23.5. The van der Waals surface area contributed by atoms with E-state index in [2.05, 4.69) is 47.4 Å². The first-order valence-corrected chi connectivity index (χ1v) is 13.5. The summed E-state index contributed by atoms with van der Waals surface area (Å²) in [7, 11) is 0. The molecule has 214 valence electrons. The zero-order valence-electron chi connectivity index (χ0n) is 22.8. The van der Waals surface area contributed by atoms with E-state index in [-0.39, 0.29) is 17.5 Å². The highest BCUT2D eigenvalue weighted by Gasteiger charge is 2.16. The molecule has 0 aliphatic carbocycles. The number of tetrazole rings is 1. The molecule has 3 aromatic heterocycles. The average molecular weight is 553 g/mol. The smallest absolute Gasteiger partial charge is 0.327 e. The predicted molar refractivity (Wildman–Crippen MR) is 148 cm³/mol. The standard InChI is InChI=1S/C26H36N10O4/c1-3-4-14-40-25-29-22(27)21-23(30-25)36(26(39)28-21)12-6-5-11-35(13-10-20-31-33-34-32-20)16-18-8-7-9-19(15-18)17(2)24(37)38/h7-9,15,17H,3-6,10-14,16H2,1-2H3,(H,28,39)(H,37,38)(H2,27,29,30)(H,31,32,33,34). The molecule has 0 bridgehead atoms. The van der Waals surface area contributed by atoms with E-state index in [0.717, 1.165) is 43.4 Å². The first kappa shape index (κ1) is 28.7. The maximum atomic E-state index is 12.7. The molecule has 14 heteroatoms. The number of imidazole rings is 1. The fourth-order valence-electron chi connectivity index (χ4n) is 4.40. The van der Waals surface area contributed by atoms with Gasteiger partial charge in [0, 0.05) is 26.1 Å². The highest BCUT2D eigenvalue weighted by atomic mass is 16.5. The van der Waals surface area contributed by atoms with Gasteiger partial charge in [-0.05, 0) is 54.3 Å². The molecule has 40 heavy (non-hydrogen) atoms. The minimum atomic E-state index is -0.856. The average Bonchev–Trinajstić information content (AvgIpc) is 3.57. The Morgan fingerprint density at radius 3 is 2.83 bits per heavy atom. The first-order chi connectivity index (χ1) is 19.4. The van der Waals surface area contributed by atoms with Gasteiger partial charge in [-0.15, -0.1) is 5.10 Å². The molecule has 0 saturated carbocycles. The lowest BCUT2D eigenvalue weighted by molar-refractivity contribution is -0.138. The van der Waals surface area contributed by atoms with Crippen molar-refractivity contribution in [3.8, 4) is 6.01 Å². The Morgan fingerprint density at radius 2 is 2.08 bits per heavy atom. The molecule has 0 aliphatic heterocycles. The quantitative estimate of drug-likeness (QED) is 0.149. The lowest BCUT2D eigenvalue weighted by Crippen LogP contribution is -2.28. The Labute approximate surface area is 231 Å². The van der Waals surface area contributed by atoms with Crippen molar-refractivity contribution in [2.45, 2.75) is 65.0 Å². The Kier molecular flexibility index (Phi) is 9.78. The number of aromatic nitrogens is 8. The molecule has 0 fully saturated rings. The number of nitrogens with zero attached hydrogens (tertiary/aromatic N) is 7. The van der Waals surface area contributed by atoms with Crippen molar-refractivity contribution in [2.75, 3.05) is 25.4 Å². The van der Waals surface area contributed by atoms with E-state index >= 15 is 0 Å². The van der Waals surface area contributed by atoms with E-state index in [9.17, 15) is 14.7 Å². The van der Waals surface area contributed by atoms with Gasteiger partial charge in [0.15, 0.2) is 11.5 Å². The summed E-state index contributed by atoms with van der Waals surface area (Å²) in [6, 6.07) is 7.83. The third-order valence-electron chi connectivity index (χ3n) is 6.75. The van der Waals surface area contributed by atoms with Crippen LogP contribution in [0.15, 0.2) is 29.1 Å². The number of carboxylic acids is 1. The Morgan fingerprint density at radius 1 is 1.23 bits per heavy atom. The molecule has 3 heterocycles. The van der Waals surface area contributed by atoms with Crippen LogP contribution in [-0.2, 0) is 24.3 Å². The summed E-state index contributed by atoms with van der Waals surface area (Å²) < 4.78 is 7.19. The number of unbranched alkanes of at least 4 members (excludes halogenated alkanes) is 2. The predicted octanol–water partition coefficient (Wildman–Crippen LogP) is 2.11. The number of aromatic amines is 2. The minimum Gasteiger partial charge on any atom is -0.481 e. The maximum absolute atomic E-state index is 12.7. The summed E-state index contributed by atoms with van der Waals surface area (Å²) in [5.41, 5.74) is 8.40. The van der Waals surface area contributed by atoms with Gasteiger partial charge in [0.2, 0.25) is 0 Å². The van der Waals surface area contributed by atoms with Crippen molar-refractivity contribution >= 4 is 23.0 Å². The monoisotopic (exact) mass is 552 g/mol. The van der Waals surface area contributed by atoms with Gasteiger partial charge < -0.3 is 20.6 Å². The minimum absolute atomic E-state index is 0.165. The number of nitrogens with two attached hydrogens (primary N) is 1. The second kappa shape index (κ2) is 13.6. The zero-order valence-corrected chi connectivity index (χ0v) is 22.8. The van der Waals surface area contributed by atoms with Crippen LogP contribution in [0.4, 0.5) is 5.82 Å². The van der Waals surface area contributed by atoms with Crippen LogP contribution in [0.1, 0.15) is 62.4 Å². The molecule has 0 saturated heterocycles. The van der Waals surface area contributed by atoms with Crippen molar-refractivity contribution in [2.24, 2.45) is 0 Å². The molecule has 14 nitrogen and oxygen atoms in total. The van der Waals surface area contributed by atoms with Crippen LogP contribution in [0.2, 0.25) is 0 Å². The highest BCUT2D eigenvalue weighted by molar-refractivity contribution is 5.81. The van der Waals surface area contributed by atoms with Crippen molar-refractivity contribution < 1.29 is 14.6 Å². The molecule has 4 rings (SSSR count). The topological polar surface area (TPSA) is 194 Å². The van der Waals surface area contributed by atoms with Gasteiger partial charge in [0.1, 0.15) is 11.3 Å². The van der Waals surface area contributed by atoms with Gasteiger partial charge >= 0.3 is 17.7 Å². The van der Waals surface area contributed by atoms with Crippen molar-refractivity contribution in [3.63, 3.8) is 0 Å². The molecule has 4 aromatic rings. The number of hydrogen-bond acceptors (Lipinski definition) is 10. The van der Waals surface area contributed by atoms with Crippen LogP contribution in [0.25, 0.3) is 11.2 Å². The summed E-state index contributed by atoms with van der Waals surface area (Å²) >= 11 is 0. The summed E-state index contributed by atoms with van der Waals surface area (Å²) in [6.45, 7) is 6.77. The molecule has 5 N–H and O–H groups in total. The van der Waals surface area contributed by atoms with E-state index in [1.54, 1.807) is 11.5 Å². The van der Waals surface area contributed by atoms with Gasteiger partial charge in [0.05, 0.1) is 12.5 Å². The van der Waals surface area contributed by atoms with E-state index in [1.807, 2.05) is 24.3 Å². The van der Waals surface area contributed by atoms with Crippen LogP contribution >= 0.6 is 0 Å². The second-order valence-corrected chi connectivity index (χ2v) is 9.76. The summed E-state index contributed by atoms with van der Waals surface area (Å²) in [5.74, 6) is -0.567. The lowest BCUT2D eigenvalue weighted by Gasteiger charge is -2.22. The number of ether oxygens (including phenoxy) is 1. The summed E-state index contributed by atoms with van der Waals surface area (Å²) in [4.78, 5) is 37.8. The fraction of sp³-hybridized carbons (Fsp3) is 0.500. The maximum Gasteiger partial charge on any atom is 0.327 e. The first-order valence-electron chi connectivity index (χ1n) is 13.5. The van der Waals surface area contributed by atoms with Crippen LogP contribution in [0.5, 0.6) is 6.01 Å². The molecule has 0 radical (unpaired) electrons. The van der Waals surface area contributed by atoms with Gasteiger partial charge in [-0.3, -0.25) is 14.3 Å². The summed E-state index contributed by atoms with van der Waals surface area (Å²) in [6.07, 6.45) is 4.01. The van der Waals surface area contributed by atoms with E-state index in [0.29, 0.717) is 49.7 Å². The number of nitrogen functional groups attached to an aromatic ring is 1. The van der Waals surface area contributed by atoms with Gasteiger partial charge in [0.25, 0.3) is 0 Å². The number of benzene rings is 1. The third-order valence-corrected chi connectivity index (χ3v) is 6.75. The Hall–Kier alpha value is -4.33. The Bertz CT molecular complexity index is 1450. The number of fused-ring (bicyclic) bond motifs is 1. The number of aryl methyl sites for hydroxylation is 1. The molecule has 0 amide bonds. The number of carboxylic acid groups (broad SMARTS) is 1. The van der Waals surface area contributed by atoms with Gasteiger partial charge in [-0.2, -0.15) is 9.97 Å². The van der Waals surface area contributed by atoms with Crippen LogP contribution in [0, 0.1) is 0 Å². The number of anilines is 1. The molecule has 0 aliphatic rings. The molecular weight excluding hydrogens is 516 g/mol. The van der Waals surface area contributed by atoms with E-state index < -0.39 is 11.9 Å². The SMILES string of the molecule is CCCCOc1nc(N)c2[nH]c(=O)n(CCCCN(CCc3nnn[nH]3)Cc3cccc(C(C)C(=O)O)c3)c2n1. The number of rotatable bonds is 16. The number of hydrogen-bond donors (Lipinski definition) is 4. The zero-order chi connectivity index (χ0) is 28.5. The van der Waals surface area contributed by atoms with Crippen LogP contribution in [-0.4, -0.2) is 75.8 Å². The van der Waals surface area contributed by atoms with Crippen LogP contribution < -0.4 is 16.2 Å². The van der Waals surface area contributed by atoms with Crippen molar-refractivity contribution in [1.29, 1.82) is 0 Å². The second-order valence-electron chi connectivity index (χ2n) is 9.76. The molecule has 1 unspecified atom stereocenters. The van der Waals surface area contributed by atoms with Gasteiger partial charge in [-0.1, -0.05) is 37.6 Å². The highest BCUT2D eigenvalue weighted by Crippen LogP contribution is 2.20. The lowest BCUT2D eigenvalue weighted by atomic mass is 9.99. The molecule has 1 atom stereocenters.